The van der Waals surface area contributed by atoms with Gasteiger partial charge in [0.05, 0.1) is 11.1 Å². The minimum Gasteiger partial charge on any atom is -0.326 e. The Kier molecular flexibility index (Phi) is 4.11. The molecule has 0 spiro atoms. The molecule has 0 radical (unpaired) electrons. The van der Waals surface area contributed by atoms with Gasteiger partial charge in [0.25, 0.3) is 11.8 Å². The Hall–Kier alpha value is -2.58. The van der Waals surface area contributed by atoms with Crippen LogP contribution in [-0.4, -0.2) is 46.2 Å². The molecule has 2 heterocycles. The zero-order valence-corrected chi connectivity index (χ0v) is 16.1. The molecule has 2 saturated carbocycles. The number of fused-ring (bicyclic) bond motifs is 3. The summed E-state index contributed by atoms with van der Waals surface area (Å²) in [5.74, 6) is -1.22. The van der Waals surface area contributed by atoms with E-state index in [2.05, 4.69) is 10.6 Å². The van der Waals surface area contributed by atoms with Gasteiger partial charge >= 0.3 is 0 Å². The van der Waals surface area contributed by atoms with Crippen LogP contribution in [0.15, 0.2) is 18.2 Å². The molecule has 4 aliphatic rings. The van der Waals surface area contributed by atoms with E-state index < -0.39 is 23.8 Å². The zero-order valence-electron chi connectivity index (χ0n) is 16.1. The maximum absolute atomic E-state index is 12.9. The van der Waals surface area contributed by atoms with Crippen molar-refractivity contribution in [1.82, 2.24) is 15.5 Å². The van der Waals surface area contributed by atoms with Crippen LogP contribution in [-0.2, 0) is 16.1 Å². The van der Waals surface area contributed by atoms with E-state index in [1.807, 2.05) is 6.07 Å². The average Bonchev–Trinajstić information content (AvgIpc) is 3.32. The first-order valence-corrected chi connectivity index (χ1v) is 10.2. The van der Waals surface area contributed by atoms with Gasteiger partial charge in [0.2, 0.25) is 11.8 Å². The number of rotatable bonds is 4. The predicted octanol–water partition coefficient (Wildman–Crippen LogP) is 0.447. The molecule has 1 unspecified atom stereocenters. The second kappa shape index (κ2) is 6.47. The second-order valence-corrected chi connectivity index (χ2v) is 8.79. The average molecular weight is 396 g/mol. The lowest BCUT2D eigenvalue weighted by atomic mass is 9.88. The van der Waals surface area contributed by atoms with Crippen LogP contribution in [0.4, 0.5) is 0 Å². The van der Waals surface area contributed by atoms with Crippen molar-refractivity contribution in [1.29, 1.82) is 0 Å². The molecule has 8 heteroatoms. The van der Waals surface area contributed by atoms with Crippen LogP contribution in [0.2, 0.25) is 0 Å². The van der Waals surface area contributed by atoms with Gasteiger partial charge in [-0.05, 0) is 55.7 Å². The summed E-state index contributed by atoms with van der Waals surface area (Å²) in [6, 6.07) is 4.45. The highest BCUT2D eigenvalue weighted by molar-refractivity contribution is 6.23. The lowest BCUT2D eigenvalue weighted by molar-refractivity contribution is -0.136. The molecule has 1 aromatic rings. The van der Waals surface area contributed by atoms with Gasteiger partial charge in [-0.3, -0.25) is 29.4 Å². The zero-order chi connectivity index (χ0) is 20.3. The standard InChI is InChI=1S/C21H24N4O4/c22-16-8-11-5-6-21(16,9-11)23-10-12-1-2-13-14(7-12)20(29)25(19(13)28)15-3-4-17(26)24-18(15)27/h1-2,7,11,15-16,23H,3-6,8-10,22H2,(H,24,26,27)/t11-,15?,16+,21+/m0/s1. The van der Waals surface area contributed by atoms with Gasteiger partial charge in [-0.15, -0.1) is 0 Å². The van der Waals surface area contributed by atoms with Gasteiger partial charge in [0, 0.05) is 24.5 Å². The van der Waals surface area contributed by atoms with E-state index in [1.54, 1.807) is 12.1 Å². The van der Waals surface area contributed by atoms with Crippen LogP contribution in [0, 0.1) is 5.92 Å². The Morgan fingerprint density at radius 1 is 1.14 bits per heavy atom. The number of nitrogens with one attached hydrogen (secondary N) is 2. The van der Waals surface area contributed by atoms with Gasteiger partial charge in [-0.25, -0.2) is 0 Å². The SMILES string of the molecule is N[C@@H]1C[C@@H]2CC[C@@]1(NCc1ccc3c(c1)C(=O)N(C1CCC(=O)NC1=O)C3=O)C2. The molecule has 152 valence electrons. The number of nitrogens with two attached hydrogens (primary N) is 1. The summed E-state index contributed by atoms with van der Waals surface area (Å²) in [5.41, 5.74) is 7.85. The Morgan fingerprint density at radius 2 is 1.93 bits per heavy atom. The normalized spacial score (nSPS) is 33.4. The van der Waals surface area contributed by atoms with Crippen molar-refractivity contribution in [3.63, 3.8) is 0 Å². The minimum absolute atomic E-state index is 0.0255. The number of hydrogen-bond donors (Lipinski definition) is 3. The van der Waals surface area contributed by atoms with Gasteiger partial charge in [-0.1, -0.05) is 6.07 Å². The largest absolute Gasteiger partial charge is 0.326 e. The number of carbonyl (C=O) groups is 4. The van der Waals surface area contributed by atoms with Crippen LogP contribution in [0.1, 0.15) is 64.8 Å². The molecule has 1 saturated heterocycles. The number of carbonyl (C=O) groups excluding carboxylic acids is 4. The van der Waals surface area contributed by atoms with Crippen LogP contribution in [0.25, 0.3) is 0 Å². The van der Waals surface area contributed by atoms with E-state index in [1.165, 1.54) is 6.42 Å². The third-order valence-corrected chi connectivity index (χ3v) is 7.10. The highest BCUT2D eigenvalue weighted by Crippen LogP contribution is 2.47. The number of benzene rings is 1. The third kappa shape index (κ3) is 2.81. The Bertz CT molecular complexity index is 945. The fourth-order valence-electron chi connectivity index (χ4n) is 5.50. The van der Waals surface area contributed by atoms with Gasteiger partial charge in [-0.2, -0.15) is 0 Å². The maximum atomic E-state index is 12.9. The quantitative estimate of drug-likeness (QED) is 0.635. The molecule has 2 bridgehead atoms. The highest BCUT2D eigenvalue weighted by Gasteiger charge is 2.50. The molecule has 8 nitrogen and oxygen atoms in total. The highest BCUT2D eigenvalue weighted by atomic mass is 16.2. The van der Waals surface area contributed by atoms with Crippen molar-refractivity contribution in [2.45, 2.75) is 62.7 Å². The van der Waals surface area contributed by atoms with E-state index in [-0.39, 0.29) is 30.3 Å². The predicted molar refractivity (Wildman–Crippen MR) is 103 cm³/mol. The van der Waals surface area contributed by atoms with Gasteiger partial charge in [0.1, 0.15) is 6.04 Å². The molecule has 2 aliphatic carbocycles. The van der Waals surface area contributed by atoms with E-state index in [4.69, 9.17) is 5.73 Å². The monoisotopic (exact) mass is 396 g/mol. The summed E-state index contributed by atoms with van der Waals surface area (Å²) in [6.07, 6.45) is 4.71. The molecule has 3 fully saturated rings. The Labute approximate surface area is 168 Å². The van der Waals surface area contributed by atoms with E-state index in [0.717, 1.165) is 29.7 Å². The van der Waals surface area contributed by atoms with Gasteiger partial charge in [0.15, 0.2) is 0 Å². The van der Waals surface area contributed by atoms with E-state index >= 15 is 0 Å². The van der Waals surface area contributed by atoms with Crippen LogP contribution < -0.4 is 16.4 Å². The van der Waals surface area contributed by atoms with Gasteiger partial charge < -0.3 is 11.1 Å². The summed E-state index contributed by atoms with van der Waals surface area (Å²) in [5, 5.41) is 5.83. The molecule has 29 heavy (non-hydrogen) atoms. The Morgan fingerprint density at radius 3 is 2.62 bits per heavy atom. The topological polar surface area (TPSA) is 122 Å². The molecular formula is C21H24N4O4. The summed E-state index contributed by atoms with van der Waals surface area (Å²) >= 11 is 0. The summed E-state index contributed by atoms with van der Waals surface area (Å²) in [7, 11) is 0. The molecular weight excluding hydrogens is 372 g/mol. The lowest BCUT2D eigenvalue weighted by Crippen LogP contribution is -2.54. The van der Waals surface area contributed by atoms with Crippen LogP contribution in [0.5, 0.6) is 0 Å². The third-order valence-electron chi connectivity index (χ3n) is 7.10. The fourth-order valence-corrected chi connectivity index (χ4v) is 5.50. The molecule has 4 N–H and O–H groups in total. The first-order chi connectivity index (χ1) is 13.9. The van der Waals surface area contributed by atoms with Crippen molar-refractivity contribution in [3.8, 4) is 0 Å². The Balaban J connectivity index is 1.34. The molecule has 1 aromatic carbocycles. The number of hydrogen-bond acceptors (Lipinski definition) is 6. The molecule has 5 rings (SSSR count). The van der Waals surface area contributed by atoms with Crippen molar-refractivity contribution < 1.29 is 19.2 Å². The smallest absolute Gasteiger partial charge is 0.262 e. The minimum atomic E-state index is -0.938. The second-order valence-electron chi connectivity index (χ2n) is 8.79. The number of amides is 4. The van der Waals surface area contributed by atoms with Crippen molar-refractivity contribution in [2.75, 3.05) is 0 Å². The number of piperidine rings is 1. The number of nitrogens with zero attached hydrogens (tertiary/aromatic N) is 1. The van der Waals surface area contributed by atoms with E-state index in [9.17, 15) is 19.2 Å². The molecule has 4 amide bonds. The van der Waals surface area contributed by atoms with Crippen LogP contribution >= 0.6 is 0 Å². The summed E-state index contributed by atoms with van der Waals surface area (Å²) < 4.78 is 0. The van der Waals surface area contributed by atoms with Crippen LogP contribution in [0.3, 0.4) is 0 Å². The van der Waals surface area contributed by atoms with Crippen molar-refractivity contribution >= 4 is 23.6 Å². The first kappa shape index (κ1) is 18.4. The molecule has 4 atom stereocenters. The summed E-state index contributed by atoms with van der Waals surface area (Å²) in [4.78, 5) is 50.2. The van der Waals surface area contributed by atoms with Crippen molar-refractivity contribution in [2.24, 2.45) is 11.7 Å². The summed E-state index contributed by atoms with van der Waals surface area (Å²) in [6.45, 7) is 0.577. The lowest BCUT2D eigenvalue weighted by Gasteiger charge is -2.34. The van der Waals surface area contributed by atoms with Crippen molar-refractivity contribution in [3.05, 3.63) is 34.9 Å². The molecule has 0 aromatic heterocycles. The van der Waals surface area contributed by atoms with E-state index in [0.29, 0.717) is 23.6 Å². The molecule has 2 aliphatic heterocycles. The fraction of sp³-hybridized carbons (Fsp3) is 0.524. The first-order valence-electron chi connectivity index (χ1n) is 10.2. The number of imide groups is 2. The maximum Gasteiger partial charge on any atom is 0.262 e.